The van der Waals surface area contributed by atoms with E-state index in [2.05, 4.69) is 5.10 Å². The van der Waals surface area contributed by atoms with Gasteiger partial charge in [-0.2, -0.15) is 26.7 Å². The highest BCUT2D eigenvalue weighted by molar-refractivity contribution is 7.66. The van der Waals surface area contributed by atoms with Gasteiger partial charge in [0.15, 0.2) is 0 Å². The summed E-state index contributed by atoms with van der Waals surface area (Å²) in [7, 11) is -2.69. The molecule has 0 aliphatic rings. The number of aromatic amines is 1. The molecule has 1 N–H and O–H groups in total. The van der Waals surface area contributed by atoms with Gasteiger partial charge in [-0.3, -0.25) is 5.10 Å². The number of hydrogen-bond acceptors (Lipinski definition) is 4. The van der Waals surface area contributed by atoms with Crippen LogP contribution in [0, 0.1) is 3.95 Å². The fourth-order valence-corrected chi connectivity index (χ4v) is 1.53. The molecule has 0 unspecified atom stereocenters. The predicted octanol–water partition coefficient (Wildman–Crippen LogP) is -2.09. The molecule has 0 atom stereocenters. The maximum Gasteiger partial charge on any atom is 0.444 e. The van der Waals surface area contributed by atoms with E-state index in [1.165, 1.54) is 0 Å². The number of nitrogens with one attached hydrogen (secondary N) is 1. The molecule has 0 bridgehead atoms. The summed E-state index contributed by atoms with van der Waals surface area (Å²) >= 11 is 0.0436. The van der Waals surface area contributed by atoms with E-state index < -0.39 is 25.4 Å². The summed E-state index contributed by atoms with van der Waals surface area (Å²) < 4.78 is 55.1. The molecule has 1 aromatic heterocycles. The summed E-state index contributed by atoms with van der Waals surface area (Å²) in [5, 5.41) is 3.33. The van der Waals surface area contributed by atoms with Crippen LogP contribution in [-0.2, 0) is 16.5 Å². The van der Waals surface area contributed by atoms with Gasteiger partial charge in [0.25, 0.3) is 0 Å². The smallest absolute Gasteiger partial charge is 0.444 e. The number of H-pyrrole nitrogens is 1. The summed E-state index contributed by atoms with van der Waals surface area (Å²) in [6, 6.07) is 0. The number of rotatable bonds is 0. The lowest BCUT2D eigenvalue weighted by molar-refractivity contribution is -0.138. The van der Waals surface area contributed by atoms with Gasteiger partial charge >= 0.3 is 6.18 Å². The molecule has 0 saturated heterocycles. The molecule has 10 heteroatoms. The molecule has 1 heterocycles. The maximum atomic E-state index is 11.8. The third-order valence-corrected chi connectivity index (χ3v) is 2.68. The molecule has 76 valence electrons. The zero-order chi connectivity index (χ0) is 9.35. The molecule has 0 saturated carbocycles. The van der Waals surface area contributed by atoms with Gasteiger partial charge < -0.3 is 12.4 Å². The first-order valence-corrected chi connectivity index (χ1v) is 4.35. The zero-order valence-electron chi connectivity index (χ0n) is 5.59. The highest BCUT2D eigenvalue weighted by Gasteiger charge is 2.34. The van der Waals surface area contributed by atoms with Crippen LogP contribution in [0.2, 0.25) is 0 Å². The molecule has 0 aliphatic heterocycles. The summed E-state index contributed by atoms with van der Waals surface area (Å²) in [6.45, 7) is 0. The van der Waals surface area contributed by atoms with Gasteiger partial charge in [-0.1, -0.05) is 11.3 Å². The second kappa shape index (κ2) is 4.11. The number of alkyl halides is 3. The Morgan fingerprint density at radius 2 is 1.92 bits per heavy atom. The van der Waals surface area contributed by atoms with Crippen LogP contribution in [0.5, 0.6) is 0 Å². The van der Waals surface area contributed by atoms with E-state index in [0.717, 1.165) is 0 Å². The van der Waals surface area contributed by atoms with Crippen molar-refractivity contribution < 1.29 is 34.0 Å². The second-order valence-corrected chi connectivity index (χ2v) is 3.79. The summed E-state index contributed by atoms with van der Waals surface area (Å²) in [5.41, 5.74) is 0. The number of halogens is 4. The first-order valence-electron chi connectivity index (χ1n) is 2.46. The lowest BCUT2D eigenvalue weighted by Crippen LogP contribution is -3.00. The van der Waals surface area contributed by atoms with Crippen molar-refractivity contribution in [2.75, 3.05) is 0 Å². The fraction of sp³-hybridized carbons (Fsp3) is 0.333. The quantitative estimate of drug-likeness (QED) is 0.539. The van der Waals surface area contributed by atoms with Crippen LogP contribution in [-0.4, -0.2) is 18.6 Å². The van der Waals surface area contributed by atoms with Gasteiger partial charge in [0.2, 0.25) is 19.3 Å². The Labute approximate surface area is 81.4 Å². The SMILES string of the molecule is O=S(=O)=c1[nH]nc(C(F)(F)F)s1.[Cl-]. The van der Waals surface area contributed by atoms with E-state index in [4.69, 9.17) is 0 Å². The first-order chi connectivity index (χ1) is 5.41. The minimum Gasteiger partial charge on any atom is -1.00 e. The standard InChI is InChI=1S/C3HF3N2O2S2.ClH/c4-3(5,6)1-7-8-2(11-1)12(9)10;/h8H;1H/p-1. The molecule has 4 nitrogen and oxygen atoms in total. The van der Waals surface area contributed by atoms with E-state index in [0.29, 0.717) is 0 Å². The Morgan fingerprint density at radius 1 is 1.38 bits per heavy atom. The molecule has 0 aromatic carbocycles. The minimum absolute atomic E-state index is 0. The van der Waals surface area contributed by atoms with Crippen LogP contribution < -0.4 is 12.4 Å². The summed E-state index contributed by atoms with van der Waals surface area (Å²) in [4.78, 5) is 0. The highest BCUT2D eigenvalue weighted by atomic mass is 35.5. The van der Waals surface area contributed by atoms with Crippen LogP contribution >= 0.6 is 11.3 Å². The average molecular weight is 254 g/mol. The van der Waals surface area contributed by atoms with Crippen LogP contribution in [0.3, 0.4) is 0 Å². The molecule has 0 aliphatic carbocycles. The summed E-state index contributed by atoms with van der Waals surface area (Å²) in [6.07, 6.45) is -4.60. The van der Waals surface area contributed by atoms with E-state index in [1.54, 1.807) is 5.10 Å². The van der Waals surface area contributed by atoms with Gasteiger partial charge in [-0.25, -0.2) is 0 Å². The maximum absolute atomic E-state index is 11.8. The molecular formula is C3HClF3N2O2S2-. The molecule has 13 heavy (non-hydrogen) atoms. The Hall–Kier alpha value is -0.540. The largest absolute Gasteiger partial charge is 1.00 e. The minimum atomic E-state index is -4.60. The molecule has 0 spiro atoms. The highest BCUT2D eigenvalue weighted by Crippen LogP contribution is 2.29. The molecule has 0 radical (unpaired) electrons. The zero-order valence-corrected chi connectivity index (χ0v) is 7.98. The van der Waals surface area contributed by atoms with E-state index in [9.17, 15) is 21.6 Å². The van der Waals surface area contributed by atoms with Crippen LogP contribution in [0.25, 0.3) is 0 Å². The first kappa shape index (κ1) is 12.5. The summed E-state index contributed by atoms with van der Waals surface area (Å²) in [5.74, 6) is 0. The van der Waals surface area contributed by atoms with Gasteiger partial charge in [0, 0.05) is 0 Å². The second-order valence-electron chi connectivity index (χ2n) is 1.65. The molecule has 1 aromatic rings. The predicted molar refractivity (Wildman–Crippen MR) is 33.6 cm³/mol. The van der Waals surface area contributed by atoms with Crippen molar-refractivity contribution in [3.8, 4) is 0 Å². The lowest BCUT2D eigenvalue weighted by atomic mass is 10.7. The van der Waals surface area contributed by atoms with E-state index >= 15 is 0 Å². The lowest BCUT2D eigenvalue weighted by Gasteiger charge is -1.96. The van der Waals surface area contributed by atoms with Crippen molar-refractivity contribution in [3.05, 3.63) is 8.96 Å². The third kappa shape index (κ3) is 3.01. The number of aromatic nitrogens is 2. The normalized spacial score (nSPS) is 10.7. The average Bonchev–Trinajstić information content (AvgIpc) is 2.30. The molecular weight excluding hydrogens is 253 g/mol. The Morgan fingerprint density at radius 3 is 2.15 bits per heavy atom. The van der Waals surface area contributed by atoms with Gasteiger partial charge in [0.1, 0.15) is 0 Å². The fourth-order valence-electron chi connectivity index (χ4n) is 0.422. The molecule has 0 fully saturated rings. The van der Waals surface area contributed by atoms with E-state index in [1.807, 2.05) is 0 Å². The Kier molecular flexibility index (Phi) is 3.94. The van der Waals surface area contributed by atoms with E-state index in [-0.39, 0.29) is 23.7 Å². The van der Waals surface area contributed by atoms with Crippen LogP contribution in [0.4, 0.5) is 13.2 Å². The van der Waals surface area contributed by atoms with Crippen molar-refractivity contribution in [2.45, 2.75) is 6.18 Å². The number of nitrogens with zero attached hydrogens (tertiary/aromatic N) is 1. The van der Waals surface area contributed by atoms with Gasteiger partial charge in [0.05, 0.1) is 0 Å². The van der Waals surface area contributed by atoms with Crippen molar-refractivity contribution in [1.29, 1.82) is 0 Å². The van der Waals surface area contributed by atoms with Crippen molar-refractivity contribution in [1.82, 2.24) is 10.2 Å². The molecule has 0 amide bonds. The number of hydrogen-bond donors (Lipinski definition) is 1. The third-order valence-electron chi connectivity index (χ3n) is 0.832. The van der Waals surface area contributed by atoms with Gasteiger partial charge in [-0.05, 0) is 0 Å². The topological polar surface area (TPSA) is 62.8 Å². The van der Waals surface area contributed by atoms with Crippen LogP contribution in [0.1, 0.15) is 5.01 Å². The Bertz CT molecular complexity index is 436. The molecule has 1 rings (SSSR count). The monoisotopic (exact) mass is 253 g/mol. The van der Waals surface area contributed by atoms with Crippen molar-refractivity contribution in [3.63, 3.8) is 0 Å². The Balaban J connectivity index is 0.00000144. The van der Waals surface area contributed by atoms with Gasteiger partial charge in [-0.15, -0.1) is 0 Å². The van der Waals surface area contributed by atoms with Crippen molar-refractivity contribution in [2.24, 2.45) is 0 Å². The van der Waals surface area contributed by atoms with Crippen molar-refractivity contribution >= 4 is 21.6 Å². The van der Waals surface area contributed by atoms with Crippen LogP contribution in [0.15, 0.2) is 0 Å².